The number of halogens is 2. The molecule has 0 saturated carbocycles. The maximum absolute atomic E-state index is 13.0. The largest absolute Gasteiger partial charge is 0.489 e. The smallest absolute Gasteiger partial charge is 0.236 e. The van der Waals surface area contributed by atoms with Crippen LogP contribution in [0.2, 0.25) is 0 Å². The van der Waals surface area contributed by atoms with Crippen molar-refractivity contribution < 1.29 is 14.3 Å². The zero-order valence-electron chi connectivity index (χ0n) is 22.1. The van der Waals surface area contributed by atoms with Gasteiger partial charge in [0.1, 0.15) is 12.4 Å². The molecule has 37 heavy (non-hydrogen) atoms. The van der Waals surface area contributed by atoms with Crippen molar-refractivity contribution in [3.05, 3.63) is 35.9 Å². The van der Waals surface area contributed by atoms with Crippen LogP contribution < -0.4 is 20.3 Å². The molecule has 10 heteroatoms. The number of nitrogens with one attached hydrogen (secondary N) is 2. The van der Waals surface area contributed by atoms with Gasteiger partial charge in [-0.05, 0) is 50.3 Å². The minimum absolute atomic E-state index is 0. The summed E-state index contributed by atoms with van der Waals surface area (Å²) in [7, 11) is 0. The Morgan fingerprint density at radius 3 is 2.54 bits per heavy atom. The number of nitrogens with zero attached hydrogens (tertiary/aromatic N) is 3. The van der Waals surface area contributed by atoms with E-state index in [-0.39, 0.29) is 48.5 Å². The van der Waals surface area contributed by atoms with Gasteiger partial charge >= 0.3 is 0 Å². The van der Waals surface area contributed by atoms with E-state index in [0.717, 1.165) is 57.0 Å². The Bertz CT molecular complexity index is 906. The molecule has 4 rings (SSSR count). The van der Waals surface area contributed by atoms with Crippen LogP contribution in [-0.4, -0.2) is 87.1 Å². The van der Waals surface area contributed by atoms with Gasteiger partial charge in [0.05, 0.1) is 6.54 Å². The van der Waals surface area contributed by atoms with Crippen molar-refractivity contribution in [1.82, 2.24) is 20.4 Å². The number of piperidine rings is 1. The molecule has 2 fully saturated rings. The normalized spacial score (nSPS) is 23.0. The predicted octanol–water partition coefficient (Wildman–Crippen LogP) is 2.70. The summed E-state index contributed by atoms with van der Waals surface area (Å²) in [4.78, 5) is 32.0. The molecule has 2 saturated heterocycles. The van der Waals surface area contributed by atoms with Crippen molar-refractivity contribution in [3.8, 4) is 5.75 Å². The van der Waals surface area contributed by atoms with E-state index in [1.165, 1.54) is 5.69 Å². The summed E-state index contributed by atoms with van der Waals surface area (Å²) < 4.78 is 6.17. The van der Waals surface area contributed by atoms with Crippen LogP contribution in [0.3, 0.4) is 0 Å². The van der Waals surface area contributed by atoms with Gasteiger partial charge in [-0.25, -0.2) is 0 Å². The molecule has 2 atom stereocenters. The Kier molecular flexibility index (Phi) is 13.0. The van der Waals surface area contributed by atoms with E-state index in [2.05, 4.69) is 45.9 Å². The summed E-state index contributed by atoms with van der Waals surface area (Å²) in [5, 5.41) is 6.75. The molecule has 0 aliphatic carbocycles. The number of fused-ring (bicyclic) bond motifs is 3. The van der Waals surface area contributed by atoms with Crippen LogP contribution in [0.5, 0.6) is 5.75 Å². The Labute approximate surface area is 234 Å². The van der Waals surface area contributed by atoms with Crippen molar-refractivity contribution >= 4 is 42.3 Å². The first-order valence-corrected chi connectivity index (χ1v) is 13.2. The second kappa shape index (κ2) is 15.4. The van der Waals surface area contributed by atoms with Crippen molar-refractivity contribution in [3.63, 3.8) is 0 Å². The highest BCUT2D eigenvalue weighted by atomic mass is 35.5. The van der Waals surface area contributed by atoms with E-state index in [4.69, 9.17) is 4.74 Å². The molecule has 208 valence electrons. The van der Waals surface area contributed by atoms with Gasteiger partial charge in [-0.3, -0.25) is 9.59 Å². The molecule has 1 aromatic carbocycles. The summed E-state index contributed by atoms with van der Waals surface area (Å²) >= 11 is 0. The topological polar surface area (TPSA) is 77.2 Å². The number of anilines is 1. The highest BCUT2D eigenvalue weighted by molar-refractivity contribution is 5.85. The molecule has 3 heterocycles. The molecule has 0 aromatic heterocycles. The average molecular weight is 557 g/mol. The summed E-state index contributed by atoms with van der Waals surface area (Å²) in [6.45, 7) is 12.2. The lowest BCUT2D eigenvalue weighted by Gasteiger charge is -2.38. The third-order valence-corrected chi connectivity index (χ3v) is 7.55. The molecule has 3 aliphatic rings. The van der Waals surface area contributed by atoms with E-state index in [1.54, 1.807) is 0 Å². The lowest BCUT2D eigenvalue weighted by atomic mass is 9.82. The van der Waals surface area contributed by atoms with Gasteiger partial charge in [0.25, 0.3) is 0 Å². The third kappa shape index (κ3) is 8.24. The van der Waals surface area contributed by atoms with E-state index in [0.29, 0.717) is 39.2 Å². The molecule has 2 N–H and O–H groups in total. The van der Waals surface area contributed by atoms with E-state index in [1.807, 2.05) is 23.6 Å². The third-order valence-electron chi connectivity index (χ3n) is 7.55. The van der Waals surface area contributed by atoms with Gasteiger partial charge in [-0.15, -0.1) is 24.8 Å². The first-order valence-electron chi connectivity index (χ1n) is 13.2. The van der Waals surface area contributed by atoms with Crippen molar-refractivity contribution in [2.24, 2.45) is 11.8 Å². The maximum atomic E-state index is 13.0. The van der Waals surface area contributed by atoms with Crippen LogP contribution in [0, 0.1) is 11.8 Å². The number of amides is 2. The first kappa shape index (κ1) is 31.2. The van der Waals surface area contributed by atoms with Crippen LogP contribution >= 0.6 is 24.8 Å². The zero-order chi connectivity index (χ0) is 24.6. The van der Waals surface area contributed by atoms with Gasteiger partial charge in [0, 0.05) is 76.6 Å². The molecule has 0 unspecified atom stereocenters. The number of benzene rings is 1. The molecule has 2 amide bonds. The number of piperazine rings is 1. The second-order valence-corrected chi connectivity index (χ2v) is 9.69. The fraction of sp³-hybridized carbons (Fsp3) is 0.630. The van der Waals surface area contributed by atoms with E-state index < -0.39 is 0 Å². The predicted molar refractivity (Wildman–Crippen MR) is 153 cm³/mol. The zero-order valence-corrected chi connectivity index (χ0v) is 23.7. The van der Waals surface area contributed by atoms with Crippen molar-refractivity contribution in [2.45, 2.75) is 33.2 Å². The van der Waals surface area contributed by atoms with Gasteiger partial charge in [0.2, 0.25) is 11.8 Å². The molecular formula is C27H43Cl2N5O3. The molecule has 0 radical (unpaired) electrons. The van der Waals surface area contributed by atoms with Crippen molar-refractivity contribution in [1.29, 1.82) is 0 Å². The van der Waals surface area contributed by atoms with Crippen LogP contribution in [-0.2, 0) is 16.1 Å². The van der Waals surface area contributed by atoms with Gasteiger partial charge in [-0.2, -0.15) is 0 Å². The quantitative estimate of drug-likeness (QED) is 0.544. The Morgan fingerprint density at radius 1 is 1.05 bits per heavy atom. The van der Waals surface area contributed by atoms with Crippen LogP contribution in [0.4, 0.5) is 5.69 Å². The minimum atomic E-state index is 0. The second-order valence-electron chi connectivity index (χ2n) is 9.69. The van der Waals surface area contributed by atoms with Crippen LogP contribution in [0.25, 0.3) is 0 Å². The van der Waals surface area contributed by atoms with E-state index >= 15 is 0 Å². The fourth-order valence-electron chi connectivity index (χ4n) is 5.41. The minimum Gasteiger partial charge on any atom is -0.489 e. The number of carbonyl (C=O) groups is 2. The Balaban J connectivity index is 0.00000241. The molecule has 1 aromatic rings. The van der Waals surface area contributed by atoms with Crippen molar-refractivity contribution in [2.75, 3.05) is 70.4 Å². The lowest BCUT2D eigenvalue weighted by Crippen LogP contribution is -2.47. The molecule has 2 bridgehead atoms. The fourth-order valence-corrected chi connectivity index (χ4v) is 5.41. The number of hydrogen-bond donors (Lipinski definition) is 2. The summed E-state index contributed by atoms with van der Waals surface area (Å²) in [6, 6.07) is 6.37. The Hall–Kier alpha value is -2.00. The van der Waals surface area contributed by atoms with Gasteiger partial charge < -0.3 is 30.1 Å². The number of hydrogen-bond acceptors (Lipinski definition) is 6. The molecular weight excluding hydrogens is 513 g/mol. The molecule has 8 nitrogen and oxygen atoms in total. The number of carbonyl (C=O) groups excluding carboxylic acids is 2. The summed E-state index contributed by atoms with van der Waals surface area (Å²) in [5.74, 6) is 1.59. The highest BCUT2D eigenvalue weighted by Gasteiger charge is 2.32. The SMILES string of the molecule is CCN(CC)C(=O)C[C@@H]1CCN2C[C@@H]1/C=C/COc1ccc(N3CCNCC3)cc1CNCC2=O.Cl.Cl. The first-order chi connectivity index (χ1) is 17.1. The standard InChI is InChI=1S/C27H41N5O3.2ClH/c1-3-30(4-2)26(33)17-21-9-12-32-20-22(21)6-5-15-35-25-8-7-24(31-13-10-28-11-14-31)16-23(25)18-29-19-27(32)34;;/h5-8,16,21-22,28-29H,3-4,9-15,17-20H2,1-2H3;2*1H/b6-5+;;/t21-,22-;;/m0../s1. The Morgan fingerprint density at radius 2 is 1.81 bits per heavy atom. The van der Waals surface area contributed by atoms with Crippen LogP contribution in [0.15, 0.2) is 30.4 Å². The lowest BCUT2D eigenvalue weighted by molar-refractivity contribution is -0.134. The average Bonchev–Trinajstić information content (AvgIpc) is 2.89. The van der Waals surface area contributed by atoms with Gasteiger partial charge in [-0.1, -0.05) is 12.2 Å². The van der Waals surface area contributed by atoms with E-state index in [9.17, 15) is 9.59 Å². The number of rotatable bonds is 5. The summed E-state index contributed by atoms with van der Waals surface area (Å²) in [6.07, 6.45) is 5.62. The van der Waals surface area contributed by atoms with Gasteiger partial charge in [0.15, 0.2) is 0 Å². The molecule has 0 spiro atoms. The highest BCUT2D eigenvalue weighted by Crippen LogP contribution is 2.30. The molecule has 3 aliphatic heterocycles. The monoisotopic (exact) mass is 555 g/mol. The maximum Gasteiger partial charge on any atom is 0.236 e. The van der Waals surface area contributed by atoms with Crippen LogP contribution in [0.1, 0.15) is 32.3 Å². The summed E-state index contributed by atoms with van der Waals surface area (Å²) in [5.41, 5.74) is 2.27. The number of ether oxygens (including phenoxy) is 1.